The topological polar surface area (TPSA) is 94.6 Å². The number of aromatic nitrogens is 1. The smallest absolute Gasteiger partial charge is 0.261 e. The van der Waals surface area contributed by atoms with Crippen molar-refractivity contribution >= 4 is 83.9 Å². The van der Waals surface area contributed by atoms with Gasteiger partial charge in [-0.3, -0.25) is 14.4 Å². The van der Waals surface area contributed by atoms with E-state index in [9.17, 15) is 13.2 Å². The zero-order valence-electron chi connectivity index (χ0n) is 21.6. The van der Waals surface area contributed by atoms with Crippen molar-refractivity contribution in [2.75, 3.05) is 48.9 Å². The highest BCUT2D eigenvalue weighted by atomic mass is 35.5. The Labute approximate surface area is 253 Å². The average molecular weight is 641 g/mol. The van der Waals surface area contributed by atoms with Crippen molar-refractivity contribution in [3.05, 3.63) is 81.8 Å². The van der Waals surface area contributed by atoms with Crippen LogP contribution < -0.4 is 14.9 Å². The number of anilines is 2. The molecule has 0 atom stereocenters. The number of hydrogen-bond acceptors (Lipinski definition) is 7. The van der Waals surface area contributed by atoms with Crippen molar-refractivity contribution in [1.82, 2.24) is 15.2 Å². The minimum absolute atomic E-state index is 0. The van der Waals surface area contributed by atoms with Crippen LogP contribution in [-0.2, 0) is 10.0 Å². The molecule has 1 aromatic heterocycles. The van der Waals surface area contributed by atoms with Gasteiger partial charge in [0, 0.05) is 55.5 Å². The van der Waals surface area contributed by atoms with E-state index in [0.29, 0.717) is 22.8 Å². The van der Waals surface area contributed by atoms with Gasteiger partial charge in [0.05, 0.1) is 20.1 Å². The number of aryl methyl sites for hydroxylation is 1. The maximum absolute atomic E-state index is 12.6. The van der Waals surface area contributed by atoms with E-state index < -0.39 is 10.0 Å². The summed E-state index contributed by atoms with van der Waals surface area (Å²) in [6.07, 6.45) is 0. The van der Waals surface area contributed by atoms with Gasteiger partial charge in [0.15, 0.2) is 5.13 Å². The van der Waals surface area contributed by atoms with Gasteiger partial charge in [-0.2, -0.15) is 0 Å². The Morgan fingerprint density at radius 2 is 1.65 bits per heavy atom. The molecule has 5 rings (SSSR count). The van der Waals surface area contributed by atoms with Gasteiger partial charge in [0.2, 0.25) is 0 Å². The summed E-state index contributed by atoms with van der Waals surface area (Å²) in [5, 5.41) is 5.14. The van der Waals surface area contributed by atoms with Crippen molar-refractivity contribution in [3.63, 3.8) is 0 Å². The third-order valence-electron chi connectivity index (χ3n) is 6.57. The molecule has 0 aliphatic carbocycles. The number of piperazine rings is 1. The molecule has 1 aliphatic rings. The molecule has 4 aromatic rings. The van der Waals surface area contributed by atoms with Crippen LogP contribution in [0.5, 0.6) is 0 Å². The summed E-state index contributed by atoms with van der Waals surface area (Å²) in [5.41, 5.74) is 2.92. The minimum Gasteiger partial charge on any atom is -0.351 e. The van der Waals surface area contributed by atoms with E-state index in [1.54, 1.807) is 35.6 Å². The molecule has 2 heterocycles. The van der Waals surface area contributed by atoms with Gasteiger partial charge in [-0.05, 0) is 67.1 Å². The number of fused-ring (bicyclic) bond motifs is 1. The van der Waals surface area contributed by atoms with E-state index >= 15 is 0 Å². The van der Waals surface area contributed by atoms with Crippen LogP contribution in [0.3, 0.4) is 0 Å². The van der Waals surface area contributed by atoms with Crippen LogP contribution in [-0.4, -0.2) is 63.5 Å². The molecule has 0 bridgehead atoms. The van der Waals surface area contributed by atoms with E-state index in [1.807, 2.05) is 19.1 Å². The molecule has 1 aliphatic heterocycles. The SMILES string of the molecule is Cc1ccc(Cl)c2sc(N3CCN(CCNC(=O)c4ccc(NS(=O)(=O)c5ccc(Cl)cc5)cc4)CC3)nc12.Cl. The lowest BCUT2D eigenvalue weighted by Crippen LogP contribution is -2.48. The zero-order valence-corrected chi connectivity index (χ0v) is 25.5. The van der Waals surface area contributed by atoms with Crippen molar-refractivity contribution in [2.45, 2.75) is 11.8 Å². The molecule has 0 spiro atoms. The fourth-order valence-electron chi connectivity index (χ4n) is 4.34. The average Bonchev–Trinajstić information content (AvgIpc) is 3.39. The summed E-state index contributed by atoms with van der Waals surface area (Å²) >= 11 is 13.8. The van der Waals surface area contributed by atoms with Crippen LogP contribution in [0.1, 0.15) is 15.9 Å². The number of nitrogens with one attached hydrogen (secondary N) is 2. The number of amides is 1. The minimum atomic E-state index is -3.75. The Kier molecular flexibility index (Phi) is 9.81. The molecule has 2 N–H and O–H groups in total. The molecule has 1 saturated heterocycles. The van der Waals surface area contributed by atoms with Gasteiger partial charge in [-0.15, -0.1) is 12.4 Å². The third-order valence-corrected chi connectivity index (χ3v) is 9.79. The molecule has 0 radical (unpaired) electrons. The number of benzene rings is 3. The number of nitrogens with zero attached hydrogens (tertiary/aromatic N) is 3. The first-order chi connectivity index (χ1) is 18.7. The van der Waals surface area contributed by atoms with Crippen LogP contribution >= 0.6 is 46.9 Å². The van der Waals surface area contributed by atoms with Crippen LogP contribution in [0.2, 0.25) is 10.0 Å². The third kappa shape index (κ3) is 6.99. The summed E-state index contributed by atoms with van der Waals surface area (Å²) in [6.45, 7) is 6.77. The largest absolute Gasteiger partial charge is 0.351 e. The molecule has 8 nitrogen and oxygen atoms in total. The van der Waals surface area contributed by atoms with Gasteiger partial charge < -0.3 is 10.2 Å². The number of thiazole rings is 1. The molecular weight excluding hydrogens is 613 g/mol. The van der Waals surface area contributed by atoms with Crippen LogP contribution in [0.25, 0.3) is 10.2 Å². The quantitative estimate of drug-likeness (QED) is 0.257. The van der Waals surface area contributed by atoms with Crippen molar-refractivity contribution < 1.29 is 13.2 Å². The molecular formula is C27H28Cl3N5O3S2. The Morgan fingerprint density at radius 3 is 2.30 bits per heavy atom. The lowest BCUT2D eigenvalue weighted by atomic mass is 10.2. The van der Waals surface area contributed by atoms with Crippen molar-refractivity contribution in [3.8, 4) is 0 Å². The highest BCUT2D eigenvalue weighted by molar-refractivity contribution is 7.92. The van der Waals surface area contributed by atoms with Gasteiger partial charge in [-0.25, -0.2) is 13.4 Å². The zero-order chi connectivity index (χ0) is 27.6. The lowest BCUT2D eigenvalue weighted by Gasteiger charge is -2.34. The second-order valence-electron chi connectivity index (χ2n) is 9.26. The molecule has 3 aromatic carbocycles. The Hall–Kier alpha value is -2.60. The maximum atomic E-state index is 12.6. The number of hydrogen-bond donors (Lipinski definition) is 2. The van der Waals surface area contributed by atoms with Gasteiger partial charge in [0.1, 0.15) is 0 Å². The second kappa shape index (κ2) is 12.9. The second-order valence-corrected chi connectivity index (χ2v) is 12.8. The first-order valence-electron chi connectivity index (χ1n) is 12.4. The fraction of sp³-hybridized carbons (Fsp3) is 0.259. The molecule has 13 heteroatoms. The standard InChI is InChI=1S/C27H27Cl2N5O3S2.ClH/c1-18-2-11-23(29)25-24(18)31-27(38-25)34-16-14-33(15-17-34)13-12-30-26(35)19-3-7-21(8-4-19)32-39(36,37)22-9-5-20(28)6-10-22;/h2-11,32H,12-17H2,1H3,(H,30,35);1H. The van der Waals surface area contributed by atoms with Gasteiger partial charge in [0.25, 0.3) is 15.9 Å². The van der Waals surface area contributed by atoms with Crippen LogP contribution in [0.4, 0.5) is 10.8 Å². The molecule has 40 heavy (non-hydrogen) atoms. The Morgan fingerprint density at radius 1 is 0.975 bits per heavy atom. The molecule has 0 saturated carbocycles. The van der Waals surface area contributed by atoms with Crippen molar-refractivity contribution in [2.24, 2.45) is 0 Å². The summed E-state index contributed by atoms with van der Waals surface area (Å²) in [6, 6.07) is 16.2. The van der Waals surface area contributed by atoms with Gasteiger partial charge in [-0.1, -0.05) is 40.6 Å². The van der Waals surface area contributed by atoms with E-state index in [4.69, 9.17) is 28.2 Å². The predicted molar refractivity (Wildman–Crippen MR) is 166 cm³/mol. The number of halogens is 3. The summed E-state index contributed by atoms with van der Waals surface area (Å²) < 4.78 is 28.6. The lowest BCUT2D eigenvalue weighted by molar-refractivity contribution is 0.0948. The Bertz CT molecular complexity index is 1550. The van der Waals surface area contributed by atoms with E-state index in [1.165, 1.54) is 24.3 Å². The van der Waals surface area contributed by atoms with E-state index in [-0.39, 0.29) is 23.2 Å². The highest BCUT2D eigenvalue weighted by Crippen LogP contribution is 2.35. The maximum Gasteiger partial charge on any atom is 0.261 e. The van der Waals surface area contributed by atoms with Gasteiger partial charge >= 0.3 is 0 Å². The fourth-order valence-corrected chi connectivity index (χ4v) is 6.89. The highest BCUT2D eigenvalue weighted by Gasteiger charge is 2.21. The predicted octanol–water partition coefficient (Wildman–Crippen LogP) is 5.69. The first-order valence-corrected chi connectivity index (χ1v) is 15.4. The molecule has 0 unspecified atom stereocenters. The summed E-state index contributed by atoms with van der Waals surface area (Å²) in [5.74, 6) is -0.206. The summed E-state index contributed by atoms with van der Waals surface area (Å²) in [7, 11) is -3.75. The first kappa shape index (κ1) is 30.4. The van der Waals surface area contributed by atoms with Crippen LogP contribution in [0.15, 0.2) is 65.6 Å². The van der Waals surface area contributed by atoms with Crippen LogP contribution in [0, 0.1) is 6.92 Å². The Balaban J connectivity index is 0.00000370. The number of sulfonamides is 1. The monoisotopic (exact) mass is 639 g/mol. The van der Waals surface area contributed by atoms with E-state index in [2.05, 4.69) is 19.8 Å². The summed E-state index contributed by atoms with van der Waals surface area (Å²) in [4.78, 5) is 22.1. The number of rotatable bonds is 8. The number of carbonyl (C=O) groups excluding carboxylic acids is 1. The molecule has 212 valence electrons. The van der Waals surface area contributed by atoms with Crippen molar-refractivity contribution in [1.29, 1.82) is 0 Å². The molecule has 1 amide bonds. The molecule has 1 fully saturated rings. The van der Waals surface area contributed by atoms with E-state index in [0.717, 1.165) is 58.7 Å². The normalized spacial score (nSPS) is 14.1. The number of carbonyl (C=O) groups is 1.